The van der Waals surface area contributed by atoms with Crippen LogP contribution >= 0.6 is 0 Å². The SMILES string of the molecule is CCCNc1ccc(NC(C)C)c2c1C(=O)c1ccccc1C2=O. The van der Waals surface area contributed by atoms with E-state index >= 15 is 0 Å². The molecule has 1 aliphatic rings. The molecule has 124 valence electrons. The molecule has 1 aliphatic carbocycles. The summed E-state index contributed by atoms with van der Waals surface area (Å²) >= 11 is 0. The molecule has 0 spiro atoms. The summed E-state index contributed by atoms with van der Waals surface area (Å²) in [5, 5.41) is 6.58. The van der Waals surface area contributed by atoms with Gasteiger partial charge in [-0.1, -0.05) is 31.2 Å². The van der Waals surface area contributed by atoms with Crippen LogP contribution in [0.15, 0.2) is 36.4 Å². The predicted octanol–water partition coefficient (Wildman–Crippen LogP) is 4.10. The van der Waals surface area contributed by atoms with E-state index in [9.17, 15) is 9.59 Å². The van der Waals surface area contributed by atoms with E-state index in [1.807, 2.05) is 26.0 Å². The van der Waals surface area contributed by atoms with Gasteiger partial charge in [-0.05, 0) is 32.4 Å². The fourth-order valence-corrected chi connectivity index (χ4v) is 3.06. The normalized spacial score (nSPS) is 12.8. The number of ketones is 2. The van der Waals surface area contributed by atoms with Gasteiger partial charge in [0.15, 0.2) is 11.6 Å². The van der Waals surface area contributed by atoms with Crippen LogP contribution in [0.3, 0.4) is 0 Å². The first-order valence-corrected chi connectivity index (χ1v) is 8.40. The molecule has 0 fully saturated rings. The van der Waals surface area contributed by atoms with Crippen molar-refractivity contribution in [1.82, 2.24) is 0 Å². The van der Waals surface area contributed by atoms with Crippen molar-refractivity contribution in [2.45, 2.75) is 33.2 Å². The zero-order valence-electron chi connectivity index (χ0n) is 14.3. The molecule has 0 bridgehead atoms. The molecule has 2 aromatic rings. The van der Waals surface area contributed by atoms with Gasteiger partial charge in [0.2, 0.25) is 0 Å². The van der Waals surface area contributed by atoms with Gasteiger partial charge in [-0.15, -0.1) is 0 Å². The summed E-state index contributed by atoms with van der Waals surface area (Å²) in [5.74, 6) is -0.185. The molecule has 2 N–H and O–H groups in total. The third-order valence-electron chi connectivity index (χ3n) is 4.09. The highest BCUT2D eigenvalue weighted by atomic mass is 16.1. The average Bonchev–Trinajstić information content (AvgIpc) is 2.57. The van der Waals surface area contributed by atoms with Crippen molar-refractivity contribution < 1.29 is 9.59 Å². The molecule has 0 amide bonds. The maximum atomic E-state index is 13.1. The van der Waals surface area contributed by atoms with Gasteiger partial charge in [0.1, 0.15) is 0 Å². The zero-order chi connectivity index (χ0) is 17.3. The van der Waals surface area contributed by atoms with E-state index in [1.165, 1.54) is 0 Å². The number of nitrogens with one attached hydrogen (secondary N) is 2. The Morgan fingerprint density at radius 2 is 1.42 bits per heavy atom. The molecule has 24 heavy (non-hydrogen) atoms. The molecule has 0 aliphatic heterocycles. The highest BCUT2D eigenvalue weighted by molar-refractivity contribution is 6.31. The Morgan fingerprint density at radius 3 is 1.96 bits per heavy atom. The van der Waals surface area contributed by atoms with Crippen LogP contribution in [0.1, 0.15) is 59.0 Å². The highest BCUT2D eigenvalue weighted by Crippen LogP contribution is 2.36. The van der Waals surface area contributed by atoms with Crippen molar-refractivity contribution in [2.24, 2.45) is 0 Å². The van der Waals surface area contributed by atoms with Gasteiger partial charge in [0, 0.05) is 35.1 Å². The standard InChI is InChI=1S/C20H22N2O2/c1-4-11-21-15-9-10-16(22-12(2)3)18-17(15)19(23)13-7-5-6-8-14(13)20(18)24/h5-10,12,21-22H,4,11H2,1-3H3. The first kappa shape index (κ1) is 16.2. The number of carbonyl (C=O) groups excluding carboxylic acids is 2. The number of fused-ring (bicyclic) bond motifs is 2. The van der Waals surface area contributed by atoms with E-state index in [0.29, 0.717) is 22.3 Å². The molecule has 3 rings (SSSR count). The average molecular weight is 322 g/mol. The minimum atomic E-state index is -0.0940. The van der Waals surface area contributed by atoms with Crippen molar-refractivity contribution in [3.8, 4) is 0 Å². The van der Waals surface area contributed by atoms with Gasteiger partial charge < -0.3 is 10.6 Å². The molecular formula is C20H22N2O2. The van der Waals surface area contributed by atoms with Crippen molar-refractivity contribution >= 4 is 22.9 Å². The summed E-state index contributed by atoms with van der Waals surface area (Å²) in [4.78, 5) is 26.1. The highest BCUT2D eigenvalue weighted by Gasteiger charge is 2.33. The Bertz CT molecular complexity index is 809. The summed E-state index contributed by atoms with van der Waals surface area (Å²) in [6.07, 6.45) is 0.944. The Hall–Kier alpha value is -2.62. The fraction of sp³-hybridized carbons (Fsp3) is 0.300. The van der Waals surface area contributed by atoms with Crippen LogP contribution in [0.2, 0.25) is 0 Å². The molecule has 0 heterocycles. The molecule has 2 aromatic carbocycles. The fourth-order valence-electron chi connectivity index (χ4n) is 3.06. The maximum absolute atomic E-state index is 13.1. The van der Waals surface area contributed by atoms with Crippen molar-refractivity contribution in [1.29, 1.82) is 0 Å². The van der Waals surface area contributed by atoms with Crippen LogP contribution in [0.4, 0.5) is 11.4 Å². The van der Waals surface area contributed by atoms with Gasteiger partial charge in [-0.3, -0.25) is 9.59 Å². The van der Waals surface area contributed by atoms with Gasteiger partial charge in [-0.2, -0.15) is 0 Å². The summed E-state index contributed by atoms with van der Waals surface area (Å²) < 4.78 is 0. The second-order valence-corrected chi connectivity index (χ2v) is 6.34. The molecule has 0 unspecified atom stereocenters. The lowest BCUT2D eigenvalue weighted by Crippen LogP contribution is -2.25. The Morgan fingerprint density at radius 1 is 0.875 bits per heavy atom. The number of carbonyl (C=O) groups is 2. The molecule has 4 nitrogen and oxygen atoms in total. The lowest BCUT2D eigenvalue weighted by Gasteiger charge is -2.24. The van der Waals surface area contributed by atoms with Crippen LogP contribution in [-0.2, 0) is 0 Å². The predicted molar refractivity (Wildman–Crippen MR) is 97.3 cm³/mol. The number of benzene rings is 2. The monoisotopic (exact) mass is 322 g/mol. The minimum Gasteiger partial charge on any atom is -0.384 e. The number of anilines is 2. The largest absolute Gasteiger partial charge is 0.384 e. The lowest BCUT2D eigenvalue weighted by atomic mass is 9.82. The van der Waals surface area contributed by atoms with Gasteiger partial charge in [0.05, 0.1) is 11.1 Å². The van der Waals surface area contributed by atoms with Gasteiger partial charge in [0.25, 0.3) is 0 Å². The van der Waals surface area contributed by atoms with E-state index in [0.717, 1.165) is 24.3 Å². The van der Waals surface area contributed by atoms with E-state index < -0.39 is 0 Å². The molecule has 0 radical (unpaired) electrons. The third-order valence-corrected chi connectivity index (χ3v) is 4.09. The smallest absolute Gasteiger partial charge is 0.196 e. The van der Waals surface area contributed by atoms with Gasteiger partial charge in [-0.25, -0.2) is 0 Å². The minimum absolute atomic E-state index is 0.0915. The van der Waals surface area contributed by atoms with E-state index in [1.54, 1.807) is 24.3 Å². The molecule has 4 heteroatoms. The molecule has 0 atom stereocenters. The zero-order valence-corrected chi connectivity index (χ0v) is 14.3. The van der Waals surface area contributed by atoms with Crippen LogP contribution in [0, 0.1) is 0 Å². The second kappa shape index (κ2) is 6.48. The summed E-state index contributed by atoms with van der Waals surface area (Å²) in [7, 11) is 0. The van der Waals surface area contributed by atoms with Crippen LogP contribution in [-0.4, -0.2) is 24.2 Å². The van der Waals surface area contributed by atoms with E-state index in [2.05, 4.69) is 17.6 Å². The first-order valence-electron chi connectivity index (χ1n) is 8.40. The second-order valence-electron chi connectivity index (χ2n) is 6.34. The van der Waals surface area contributed by atoms with Crippen LogP contribution < -0.4 is 10.6 Å². The Balaban J connectivity index is 2.22. The van der Waals surface area contributed by atoms with Gasteiger partial charge >= 0.3 is 0 Å². The molecular weight excluding hydrogens is 300 g/mol. The van der Waals surface area contributed by atoms with Crippen molar-refractivity contribution in [3.63, 3.8) is 0 Å². The maximum Gasteiger partial charge on any atom is 0.196 e. The molecule has 0 saturated heterocycles. The van der Waals surface area contributed by atoms with Crippen molar-refractivity contribution in [2.75, 3.05) is 17.2 Å². The van der Waals surface area contributed by atoms with Crippen LogP contribution in [0.5, 0.6) is 0 Å². The number of hydrogen-bond donors (Lipinski definition) is 2. The van der Waals surface area contributed by atoms with Crippen molar-refractivity contribution in [3.05, 3.63) is 58.7 Å². The van der Waals surface area contributed by atoms with E-state index in [-0.39, 0.29) is 17.6 Å². The first-order chi connectivity index (χ1) is 11.5. The Labute approximate surface area is 142 Å². The third kappa shape index (κ3) is 2.68. The number of hydrogen-bond acceptors (Lipinski definition) is 4. The number of rotatable bonds is 5. The lowest BCUT2D eigenvalue weighted by molar-refractivity contribution is 0.0980. The molecule has 0 saturated carbocycles. The molecule has 0 aromatic heterocycles. The van der Waals surface area contributed by atoms with E-state index in [4.69, 9.17) is 0 Å². The topological polar surface area (TPSA) is 58.2 Å². The Kier molecular flexibility index (Phi) is 4.38. The summed E-state index contributed by atoms with van der Waals surface area (Å²) in [5.41, 5.74) is 3.38. The quantitative estimate of drug-likeness (QED) is 0.742. The summed E-state index contributed by atoms with van der Waals surface area (Å²) in [6.45, 7) is 6.85. The summed E-state index contributed by atoms with van der Waals surface area (Å²) in [6, 6.07) is 11.0. The van der Waals surface area contributed by atoms with Crippen LogP contribution in [0.25, 0.3) is 0 Å².